The topological polar surface area (TPSA) is 105 Å². The van der Waals surface area contributed by atoms with Crippen LogP contribution < -0.4 is 9.44 Å². The van der Waals surface area contributed by atoms with Crippen molar-refractivity contribution in [1.29, 1.82) is 0 Å². The molecule has 0 aliphatic carbocycles. The Kier molecular flexibility index (Phi) is 6.55. The maximum absolute atomic E-state index is 14.6. The van der Waals surface area contributed by atoms with Gasteiger partial charge in [0.2, 0.25) is 10.0 Å². The largest absolute Gasteiger partial charge is 0.470 e. The zero-order valence-electron chi connectivity index (χ0n) is 15.5. The Balaban J connectivity index is 1.85. The molecule has 2 aromatic carbocycles. The SMILES string of the molecule is O=S(=O)(Cc1ncc(-c2ccc(NS(=O)(=O)c3ccccc3)c(F)c2F)s1)NC(F)(F)F. The van der Waals surface area contributed by atoms with Gasteiger partial charge in [-0.25, -0.2) is 30.6 Å². The summed E-state index contributed by atoms with van der Waals surface area (Å²) in [6, 6.07) is 8.95. The maximum atomic E-state index is 14.6. The third-order valence-corrected chi connectivity index (χ3v) is 7.57. The summed E-state index contributed by atoms with van der Waals surface area (Å²) in [4.78, 5) is 3.38. The molecule has 3 aromatic rings. The average Bonchev–Trinajstić information content (AvgIpc) is 3.11. The highest BCUT2D eigenvalue weighted by Gasteiger charge is 2.34. The van der Waals surface area contributed by atoms with E-state index in [1.54, 1.807) is 6.07 Å². The fraction of sp³-hybridized carbons (Fsp3) is 0.118. The normalized spacial score (nSPS) is 12.7. The van der Waals surface area contributed by atoms with Crippen LogP contribution in [0.5, 0.6) is 0 Å². The van der Waals surface area contributed by atoms with Gasteiger partial charge in [-0.15, -0.1) is 16.1 Å². The summed E-state index contributed by atoms with van der Waals surface area (Å²) < 4.78 is 116. The van der Waals surface area contributed by atoms with Crippen LogP contribution in [0.2, 0.25) is 0 Å². The lowest BCUT2D eigenvalue weighted by Gasteiger charge is -2.11. The van der Waals surface area contributed by atoms with E-state index < -0.39 is 49.4 Å². The maximum Gasteiger partial charge on any atom is 0.470 e. The van der Waals surface area contributed by atoms with Gasteiger partial charge >= 0.3 is 6.30 Å². The number of nitrogens with zero attached hydrogens (tertiary/aromatic N) is 1. The summed E-state index contributed by atoms with van der Waals surface area (Å²) in [6.45, 7) is 0. The summed E-state index contributed by atoms with van der Waals surface area (Å²) >= 11 is 0.535. The third kappa shape index (κ3) is 5.79. The second-order valence-electron chi connectivity index (χ2n) is 6.18. The number of alkyl halides is 3. The van der Waals surface area contributed by atoms with E-state index in [1.165, 1.54) is 24.3 Å². The Morgan fingerprint density at radius 3 is 2.22 bits per heavy atom. The van der Waals surface area contributed by atoms with Gasteiger partial charge in [0.25, 0.3) is 10.0 Å². The third-order valence-electron chi connectivity index (χ3n) is 3.78. The van der Waals surface area contributed by atoms with Gasteiger partial charge in [0.05, 0.1) is 15.5 Å². The molecule has 0 bridgehead atoms. The summed E-state index contributed by atoms with van der Waals surface area (Å²) in [5.41, 5.74) is -1.05. The fourth-order valence-corrected chi connectivity index (χ4v) is 5.84. The highest BCUT2D eigenvalue weighted by molar-refractivity contribution is 7.92. The number of hydrogen-bond acceptors (Lipinski definition) is 6. The first kappa shape index (κ1) is 24.0. The molecular formula is C17H12F5N3O4S3. The predicted molar refractivity (Wildman–Crippen MR) is 107 cm³/mol. The van der Waals surface area contributed by atoms with Crippen molar-refractivity contribution in [2.45, 2.75) is 16.9 Å². The van der Waals surface area contributed by atoms with E-state index >= 15 is 0 Å². The Morgan fingerprint density at radius 1 is 0.938 bits per heavy atom. The summed E-state index contributed by atoms with van der Waals surface area (Å²) in [7, 11) is -9.00. The lowest BCUT2D eigenvalue weighted by molar-refractivity contribution is -0.138. The first-order valence-corrected chi connectivity index (χ1v) is 12.3. The molecule has 0 saturated carbocycles. The number of hydrogen-bond donors (Lipinski definition) is 2. The molecule has 15 heteroatoms. The van der Waals surface area contributed by atoms with Crippen LogP contribution in [0.15, 0.2) is 53.6 Å². The molecule has 0 fully saturated rings. The van der Waals surface area contributed by atoms with E-state index in [1.807, 2.05) is 4.72 Å². The van der Waals surface area contributed by atoms with Gasteiger partial charge in [0.1, 0.15) is 10.8 Å². The first-order chi connectivity index (χ1) is 14.8. The van der Waals surface area contributed by atoms with Crippen LogP contribution in [0.4, 0.5) is 27.6 Å². The monoisotopic (exact) mass is 513 g/mol. The number of thiazole rings is 1. The van der Waals surface area contributed by atoms with Crippen molar-refractivity contribution in [1.82, 2.24) is 9.71 Å². The lowest BCUT2D eigenvalue weighted by Crippen LogP contribution is -2.37. The molecule has 0 amide bonds. The number of anilines is 1. The van der Waals surface area contributed by atoms with Crippen LogP contribution in [0.25, 0.3) is 10.4 Å². The van der Waals surface area contributed by atoms with E-state index in [9.17, 15) is 38.8 Å². The molecule has 0 spiro atoms. The molecule has 0 unspecified atom stereocenters. The van der Waals surface area contributed by atoms with E-state index in [4.69, 9.17) is 0 Å². The van der Waals surface area contributed by atoms with Crippen molar-refractivity contribution in [3.63, 3.8) is 0 Å². The molecule has 0 atom stereocenters. The zero-order valence-corrected chi connectivity index (χ0v) is 18.0. The van der Waals surface area contributed by atoms with Crippen LogP contribution in [0.3, 0.4) is 0 Å². The molecule has 1 aromatic heterocycles. The van der Waals surface area contributed by atoms with Gasteiger partial charge < -0.3 is 0 Å². The molecule has 32 heavy (non-hydrogen) atoms. The van der Waals surface area contributed by atoms with E-state index in [0.717, 1.165) is 18.3 Å². The van der Waals surface area contributed by atoms with Crippen molar-refractivity contribution in [3.05, 3.63) is 65.3 Å². The number of nitrogens with one attached hydrogen (secondary N) is 2. The molecule has 172 valence electrons. The lowest BCUT2D eigenvalue weighted by atomic mass is 10.1. The van der Waals surface area contributed by atoms with Gasteiger partial charge in [0.15, 0.2) is 11.6 Å². The minimum absolute atomic E-state index is 0.0731. The highest BCUT2D eigenvalue weighted by atomic mass is 32.2. The second kappa shape index (κ2) is 8.73. The minimum atomic E-state index is -5.17. The molecule has 0 saturated heterocycles. The Hall–Kier alpha value is -2.62. The van der Waals surface area contributed by atoms with Crippen LogP contribution in [-0.4, -0.2) is 28.1 Å². The number of aromatic nitrogens is 1. The molecule has 0 aliphatic heterocycles. The van der Waals surface area contributed by atoms with Crippen LogP contribution >= 0.6 is 11.3 Å². The zero-order chi connectivity index (χ0) is 23.7. The quantitative estimate of drug-likeness (QED) is 0.369. The fourth-order valence-electron chi connectivity index (χ4n) is 2.50. The van der Waals surface area contributed by atoms with Gasteiger partial charge in [0, 0.05) is 11.8 Å². The molecule has 0 radical (unpaired) electrons. The summed E-state index contributed by atoms with van der Waals surface area (Å²) in [5.74, 6) is -4.11. The molecule has 3 rings (SSSR count). The minimum Gasteiger partial charge on any atom is -0.277 e. The summed E-state index contributed by atoms with van der Waals surface area (Å²) in [6.07, 6.45) is -4.20. The van der Waals surface area contributed by atoms with Gasteiger partial charge in [-0.05, 0) is 24.3 Å². The predicted octanol–water partition coefficient (Wildman–Crippen LogP) is 3.83. The first-order valence-electron chi connectivity index (χ1n) is 8.37. The molecule has 0 aliphatic rings. The van der Waals surface area contributed by atoms with E-state index in [-0.39, 0.29) is 20.3 Å². The molecule has 7 nitrogen and oxygen atoms in total. The van der Waals surface area contributed by atoms with E-state index in [2.05, 4.69) is 4.98 Å². The van der Waals surface area contributed by atoms with Gasteiger partial charge in [-0.2, -0.15) is 13.2 Å². The molecular weight excluding hydrogens is 501 g/mol. The number of benzene rings is 2. The van der Waals surface area contributed by atoms with Crippen molar-refractivity contribution >= 4 is 37.1 Å². The van der Waals surface area contributed by atoms with Crippen LogP contribution in [0.1, 0.15) is 5.01 Å². The number of halogens is 5. The molecule has 2 N–H and O–H groups in total. The highest BCUT2D eigenvalue weighted by Crippen LogP contribution is 2.33. The van der Waals surface area contributed by atoms with E-state index in [0.29, 0.717) is 16.1 Å². The number of rotatable bonds is 7. The van der Waals surface area contributed by atoms with Gasteiger partial charge in [-0.3, -0.25) is 4.72 Å². The van der Waals surface area contributed by atoms with Crippen LogP contribution in [-0.2, 0) is 25.8 Å². The summed E-state index contributed by atoms with van der Waals surface area (Å²) in [5, 5.41) is -0.301. The van der Waals surface area contributed by atoms with Crippen LogP contribution in [0, 0.1) is 11.6 Å². The average molecular weight is 513 g/mol. The molecule has 1 heterocycles. The smallest absolute Gasteiger partial charge is 0.277 e. The Bertz CT molecular complexity index is 1340. The number of sulfonamides is 2. The second-order valence-corrected chi connectivity index (χ2v) is 10.7. The standard InChI is InChI=1S/C17H12F5N3O4S3/c18-15-11(13-8-23-14(30-13)9-31(26,27)25-17(20,21)22)6-7-12(16(15)19)24-32(28,29)10-4-2-1-3-5-10/h1-8,24-25H,9H2. The van der Waals surface area contributed by atoms with Crippen molar-refractivity contribution in [3.8, 4) is 10.4 Å². The Morgan fingerprint density at radius 2 is 1.59 bits per heavy atom. The Labute approximate surface area is 183 Å². The van der Waals surface area contributed by atoms with Crippen molar-refractivity contribution in [2.75, 3.05) is 4.72 Å². The van der Waals surface area contributed by atoms with Crippen molar-refractivity contribution in [2.24, 2.45) is 0 Å². The van der Waals surface area contributed by atoms with Crippen molar-refractivity contribution < 1.29 is 38.8 Å². The van der Waals surface area contributed by atoms with Gasteiger partial charge in [-0.1, -0.05) is 18.2 Å².